The molecule has 2 amide bonds. The second-order valence-corrected chi connectivity index (χ2v) is 7.18. The van der Waals surface area contributed by atoms with Crippen molar-refractivity contribution < 1.29 is 9.59 Å². The Labute approximate surface area is 175 Å². The van der Waals surface area contributed by atoms with Gasteiger partial charge >= 0.3 is 0 Å². The summed E-state index contributed by atoms with van der Waals surface area (Å²) in [6, 6.07) is 31.6. The van der Waals surface area contributed by atoms with E-state index in [1.54, 1.807) is 6.07 Å². The molecule has 1 atom stereocenters. The van der Waals surface area contributed by atoms with E-state index in [2.05, 4.69) is 5.32 Å². The van der Waals surface area contributed by atoms with Crippen LogP contribution >= 0.6 is 0 Å². The third-order valence-electron chi connectivity index (χ3n) is 5.28. The standard InChI is InChI=1S/C26H22N2O2/c27-25(29)24(23(19-11-3-1-4-12-19)20-13-5-2-6-14-20)28-26(30)22-17-9-15-18-10-7-8-16-21(18)22/h1-17,23-24H,(H2,27,29)(H,28,30)/t24-/m0/s1. The number of hydrogen-bond donors (Lipinski definition) is 2. The molecular weight excluding hydrogens is 372 g/mol. The van der Waals surface area contributed by atoms with E-state index in [1.165, 1.54) is 0 Å². The highest BCUT2D eigenvalue weighted by molar-refractivity contribution is 6.08. The lowest BCUT2D eigenvalue weighted by Gasteiger charge is -2.27. The van der Waals surface area contributed by atoms with Crippen LogP contribution in [0.25, 0.3) is 10.8 Å². The van der Waals surface area contributed by atoms with Gasteiger partial charge in [-0.25, -0.2) is 0 Å². The Morgan fingerprint density at radius 2 is 1.20 bits per heavy atom. The van der Waals surface area contributed by atoms with Gasteiger partial charge in [-0.05, 0) is 28.0 Å². The minimum absolute atomic E-state index is 0.326. The fourth-order valence-corrected chi connectivity index (χ4v) is 3.86. The van der Waals surface area contributed by atoms with Crippen LogP contribution in [0.4, 0.5) is 0 Å². The van der Waals surface area contributed by atoms with Gasteiger partial charge in [-0.1, -0.05) is 97.1 Å². The van der Waals surface area contributed by atoms with Crippen LogP contribution in [0.5, 0.6) is 0 Å². The fraction of sp³-hybridized carbons (Fsp3) is 0.0769. The van der Waals surface area contributed by atoms with Gasteiger partial charge in [0.15, 0.2) is 0 Å². The quantitative estimate of drug-likeness (QED) is 0.513. The maximum atomic E-state index is 13.2. The third kappa shape index (κ3) is 3.94. The van der Waals surface area contributed by atoms with Crippen LogP contribution in [-0.4, -0.2) is 17.9 Å². The molecule has 4 heteroatoms. The van der Waals surface area contributed by atoms with Crippen LogP contribution in [0.3, 0.4) is 0 Å². The molecule has 0 unspecified atom stereocenters. The Hall–Kier alpha value is -3.92. The molecule has 0 aliphatic heterocycles. The third-order valence-corrected chi connectivity index (χ3v) is 5.28. The molecule has 0 saturated heterocycles. The molecule has 0 heterocycles. The maximum absolute atomic E-state index is 13.2. The van der Waals surface area contributed by atoms with E-state index in [0.29, 0.717) is 5.56 Å². The summed E-state index contributed by atoms with van der Waals surface area (Å²) in [7, 11) is 0. The van der Waals surface area contributed by atoms with Crippen molar-refractivity contribution in [1.29, 1.82) is 0 Å². The van der Waals surface area contributed by atoms with Crippen LogP contribution in [0, 0.1) is 0 Å². The van der Waals surface area contributed by atoms with Crippen LogP contribution in [0.15, 0.2) is 103 Å². The van der Waals surface area contributed by atoms with Gasteiger partial charge in [-0.2, -0.15) is 0 Å². The van der Waals surface area contributed by atoms with Gasteiger partial charge in [0.05, 0.1) is 0 Å². The molecule has 0 fully saturated rings. The second kappa shape index (κ2) is 8.62. The number of benzene rings is 4. The molecule has 4 rings (SSSR count). The monoisotopic (exact) mass is 394 g/mol. The first-order valence-corrected chi connectivity index (χ1v) is 9.83. The summed E-state index contributed by atoms with van der Waals surface area (Å²) in [4.78, 5) is 25.7. The number of carbonyl (C=O) groups excluding carboxylic acids is 2. The average molecular weight is 394 g/mol. The number of nitrogens with two attached hydrogens (primary N) is 1. The van der Waals surface area contributed by atoms with Crippen LogP contribution in [0.1, 0.15) is 27.4 Å². The van der Waals surface area contributed by atoms with Crippen molar-refractivity contribution >= 4 is 22.6 Å². The van der Waals surface area contributed by atoms with E-state index in [9.17, 15) is 9.59 Å². The lowest BCUT2D eigenvalue weighted by Crippen LogP contribution is -2.48. The highest BCUT2D eigenvalue weighted by Crippen LogP contribution is 2.29. The van der Waals surface area contributed by atoms with E-state index in [0.717, 1.165) is 21.9 Å². The Balaban J connectivity index is 1.75. The first-order valence-electron chi connectivity index (χ1n) is 9.83. The fourth-order valence-electron chi connectivity index (χ4n) is 3.86. The predicted molar refractivity (Wildman–Crippen MR) is 119 cm³/mol. The van der Waals surface area contributed by atoms with Gasteiger partial charge in [0.25, 0.3) is 5.91 Å². The Morgan fingerprint density at radius 1 is 0.667 bits per heavy atom. The SMILES string of the molecule is NC(=O)[C@@H](NC(=O)c1cccc2ccccc12)C(c1ccccc1)c1ccccc1. The number of rotatable bonds is 6. The zero-order chi connectivity index (χ0) is 20.9. The van der Waals surface area contributed by atoms with Crippen molar-refractivity contribution in [2.75, 3.05) is 0 Å². The van der Waals surface area contributed by atoms with E-state index >= 15 is 0 Å². The number of primary amides is 1. The molecule has 0 aromatic heterocycles. The van der Waals surface area contributed by atoms with Gasteiger partial charge in [0, 0.05) is 11.5 Å². The Kier molecular flexibility index (Phi) is 5.57. The molecule has 4 nitrogen and oxygen atoms in total. The van der Waals surface area contributed by atoms with E-state index in [-0.39, 0.29) is 5.91 Å². The molecule has 0 spiro atoms. The topological polar surface area (TPSA) is 72.2 Å². The van der Waals surface area contributed by atoms with E-state index < -0.39 is 17.9 Å². The van der Waals surface area contributed by atoms with Crippen LogP contribution < -0.4 is 11.1 Å². The maximum Gasteiger partial charge on any atom is 0.252 e. The zero-order valence-corrected chi connectivity index (χ0v) is 16.4. The summed E-state index contributed by atoms with van der Waals surface area (Å²) < 4.78 is 0. The van der Waals surface area contributed by atoms with Gasteiger partial charge in [-0.15, -0.1) is 0 Å². The van der Waals surface area contributed by atoms with Crippen molar-refractivity contribution in [2.24, 2.45) is 5.73 Å². The molecule has 148 valence electrons. The normalized spacial score (nSPS) is 11.9. The number of carbonyl (C=O) groups is 2. The predicted octanol–water partition coefficient (Wildman–Crippen LogP) is 4.26. The molecule has 4 aromatic carbocycles. The second-order valence-electron chi connectivity index (χ2n) is 7.18. The lowest BCUT2D eigenvalue weighted by atomic mass is 9.84. The molecule has 0 aliphatic rings. The summed E-state index contributed by atoms with van der Waals surface area (Å²) in [5, 5.41) is 4.70. The molecule has 0 radical (unpaired) electrons. The molecule has 3 N–H and O–H groups in total. The van der Waals surface area contributed by atoms with Gasteiger partial charge in [0.1, 0.15) is 6.04 Å². The molecule has 0 saturated carbocycles. The van der Waals surface area contributed by atoms with Gasteiger partial charge in [-0.3, -0.25) is 9.59 Å². The summed E-state index contributed by atoms with van der Waals surface area (Å²) in [6.45, 7) is 0. The highest BCUT2D eigenvalue weighted by atomic mass is 16.2. The number of nitrogens with one attached hydrogen (secondary N) is 1. The minimum atomic E-state index is -0.902. The van der Waals surface area contributed by atoms with Gasteiger partial charge < -0.3 is 11.1 Å². The van der Waals surface area contributed by atoms with Crippen molar-refractivity contribution in [3.63, 3.8) is 0 Å². The van der Waals surface area contributed by atoms with E-state index in [1.807, 2.05) is 97.1 Å². The summed E-state index contributed by atoms with van der Waals surface area (Å²) >= 11 is 0. The van der Waals surface area contributed by atoms with Crippen LogP contribution in [-0.2, 0) is 4.79 Å². The van der Waals surface area contributed by atoms with Crippen molar-refractivity contribution in [3.05, 3.63) is 120 Å². The largest absolute Gasteiger partial charge is 0.368 e. The Bertz CT molecular complexity index is 1130. The van der Waals surface area contributed by atoms with Gasteiger partial charge in [0.2, 0.25) is 5.91 Å². The number of amides is 2. The van der Waals surface area contributed by atoms with Crippen LogP contribution in [0.2, 0.25) is 0 Å². The van der Waals surface area contributed by atoms with Crippen molar-refractivity contribution in [3.8, 4) is 0 Å². The van der Waals surface area contributed by atoms with Crippen molar-refractivity contribution in [2.45, 2.75) is 12.0 Å². The molecule has 4 aromatic rings. The summed E-state index contributed by atoms with van der Waals surface area (Å²) in [5.41, 5.74) is 8.13. The average Bonchev–Trinajstić information content (AvgIpc) is 2.79. The number of hydrogen-bond acceptors (Lipinski definition) is 2. The molecular formula is C26H22N2O2. The van der Waals surface area contributed by atoms with Crippen molar-refractivity contribution in [1.82, 2.24) is 5.32 Å². The first kappa shape index (κ1) is 19.4. The minimum Gasteiger partial charge on any atom is -0.368 e. The number of fused-ring (bicyclic) bond motifs is 1. The summed E-state index contributed by atoms with van der Waals surface area (Å²) in [5.74, 6) is -1.31. The summed E-state index contributed by atoms with van der Waals surface area (Å²) in [6.07, 6.45) is 0. The zero-order valence-electron chi connectivity index (χ0n) is 16.4. The molecule has 0 bridgehead atoms. The molecule has 0 aliphatic carbocycles. The first-order chi connectivity index (χ1) is 14.6. The smallest absolute Gasteiger partial charge is 0.252 e. The Morgan fingerprint density at radius 3 is 1.80 bits per heavy atom. The van der Waals surface area contributed by atoms with E-state index in [4.69, 9.17) is 5.73 Å². The lowest BCUT2D eigenvalue weighted by molar-refractivity contribution is -0.120. The molecule has 30 heavy (non-hydrogen) atoms. The highest BCUT2D eigenvalue weighted by Gasteiger charge is 2.31.